The van der Waals surface area contributed by atoms with E-state index >= 15 is 0 Å². The van der Waals surface area contributed by atoms with Crippen LogP contribution in [0, 0.1) is 11.7 Å². The highest BCUT2D eigenvalue weighted by atomic mass is 32.2. The van der Waals surface area contributed by atoms with Crippen LogP contribution in [-0.2, 0) is 10.0 Å². The van der Waals surface area contributed by atoms with Gasteiger partial charge in [0, 0.05) is 31.2 Å². The van der Waals surface area contributed by atoms with Crippen LogP contribution in [0.5, 0.6) is 5.75 Å². The van der Waals surface area contributed by atoms with E-state index in [0.29, 0.717) is 25.6 Å². The third-order valence-electron chi connectivity index (χ3n) is 4.62. The van der Waals surface area contributed by atoms with E-state index in [2.05, 4.69) is 0 Å². The fourth-order valence-electron chi connectivity index (χ4n) is 3.30. The first-order valence-corrected chi connectivity index (χ1v) is 9.25. The molecule has 6 nitrogen and oxygen atoms in total. The third-order valence-corrected chi connectivity index (χ3v) is 5.89. The van der Waals surface area contributed by atoms with Crippen molar-refractivity contribution in [2.75, 3.05) is 33.0 Å². The van der Waals surface area contributed by atoms with Crippen molar-refractivity contribution in [2.45, 2.75) is 12.5 Å². The first-order chi connectivity index (χ1) is 10.8. The van der Waals surface area contributed by atoms with Crippen LogP contribution in [0.15, 0.2) is 18.2 Å². The fraction of sp³-hybridized carbons (Fsp3) is 0.533. The lowest BCUT2D eigenvalue weighted by molar-refractivity contribution is 0.0141. The number of benzene rings is 1. The molecular formula is C15H19FN2O4S. The monoisotopic (exact) mass is 342 g/mol. The van der Waals surface area contributed by atoms with Crippen molar-refractivity contribution in [3.8, 4) is 5.75 Å². The number of nitrogens with zero attached hydrogens (tertiary/aromatic N) is 2. The molecule has 2 atom stereocenters. The van der Waals surface area contributed by atoms with Gasteiger partial charge in [-0.1, -0.05) is 0 Å². The number of carbonyl (C=O) groups excluding carboxylic acids is 1. The number of piperidine rings is 1. The second-order valence-electron chi connectivity index (χ2n) is 6.05. The number of amides is 1. The van der Waals surface area contributed by atoms with Crippen molar-refractivity contribution in [1.29, 1.82) is 0 Å². The number of rotatable bonds is 3. The lowest BCUT2D eigenvalue weighted by Crippen LogP contribution is -2.65. The van der Waals surface area contributed by atoms with Crippen molar-refractivity contribution in [3.05, 3.63) is 29.6 Å². The average Bonchev–Trinajstić information content (AvgIpc) is 2.46. The van der Waals surface area contributed by atoms with Crippen LogP contribution in [0.3, 0.4) is 0 Å². The summed E-state index contributed by atoms with van der Waals surface area (Å²) < 4.78 is 43.4. The van der Waals surface area contributed by atoms with E-state index in [-0.39, 0.29) is 23.3 Å². The Morgan fingerprint density at radius 3 is 2.70 bits per heavy atom. The predicted molar refractivity (Wildman–Crippen MR) is 82.3 cm³/mol. The molecule has 0 N–H and O–H groups in total. The van der Waals surface area contributed by atoms with Gasteiger partial charge in [0.05, 0.1) is 13.4 Å². The highest BCUT2D eigenvalue weighted by Crippen LogP contribution is 2.34. The van der Waals surface area contributed by atoms with Gasteiger partial charge in [-0.05, 0) is 30.5 Å². The topological polar surface area (TPSA) is 66.9 Å². The number of hydrogen-bond acceptors (Lipinski definition) is 4. The summed E-state index contributed by atoms with van der Waals surface area (Å²) in [6.45, 7) is 1.44. The minimum Gasteiger partial charge on any atom is -0.494 e. The minimum absolute atomic E-state index is 0.0857. The average molecular weight is 342 g/mol. The predicted octanol–water partition coefficient (Wildman–Crippen LogP) is 0.940. The Balaban J connectivity index is 1.75. The molecule has 126 valence electrons. The van der Waals surface area contributed by atoms with Crippen molar-refractivity contribution in [2.24, 2.45) is 5.92 Å². The van der Waals surface area contributed by atoms with Crippen LogP contribution in [0.2, 0.25) is 0 Å². The van der Waals surface area contributed by atoms with E-state index in [1.165, 1.54) is 29.8 Å². The molecule has 1 aromatic rings. The maximum atomic E-state index is 13.8. The molecule has 3 rings (SSSR count). The van der Waals surface area contributed by atoms with Gasteiger partial charge in [-0.2, -0.15) is 4.31 Å². The molecule has 0 aromatic heterocycles. The molecule has 2 saturated heterocycles. The second kappa shape index (κ2) is 5.76. The minimum atomic E-state index is -3.25. The van der Waals surface area contributed by atoms with Crippen LogP contribution in [0.1, 0.15) is 16.8 Å². The Morgan fingerprint density at radius 1 is 1.35 bits per heavy atom. The highest BCUT2D eigenvalue weighted by molar-refractivity contribution is 7.88. The summed E-state index contributed by atoms with van der Waals surface area (Å²) in [4.78, 5) is 14.1. The number of halogens is 1. The Morgan fingerprint density at radius 2 is 2.09 bits per heavy atom. The van der Waals surface area contributed by atoms with Crippen LogP contribution in [0.25, 0.3) is 0 Å². The summed E-state index contributed by atoms with van der Waals surface area (Å²) in [5.74, 6) is -0.483. The van der Waals surface area contributed by atoms with Crippen LogP contribution in [0.4, 0.5) is 4.39 Å². The molecule has 0 radical (unpaired) electrons. The summed E-state index contributed by atoms with van der Waals surface area (Å²) in [5, 5.41) is 0. The van der Waals surface area contributed by atoms with Crippen LogP contribution in [-0.4, -0.2) is 62.6 Å². The Hall–Kier alpha value is -1.67. The van der Waals surface area contributed by atoms with Gasteiger partial charge in [0.25, 0.3) is 5.91 Å². The molecule has 2 unspecified atom stereocenters. The zero-order valence-electron chi connectivity index (χ0n) is 13.0. The van der Waals surface area contributed by atoms with Gasteiger partial charge in [0.15, 0.2) is 11.6 Å². The number of sulfonamides is 1. The summed E-state index contributed by atoms with van der Waals surface area (Å²) in [7, 11) is -1.88. The van der Waals surface area contributed by atoms with Gasteiger partial charge in [-0.15, -0.1) is 0 Å². The SMILES string of the molecule is COc1ccc(C(=O)N2CCC3CN(S(C)(=O)=O)C3C2)cc1F. The van der Waals surface area contributed by atoms with Gasteiger partial charge in [-0.3, -0.25) is 4.79 Å². The van der Waals surface area contributed by atoms with Crippen LogP contribution >= 0.6 is 0 Å². The number of ether oxygens (including phenoxy) is 1. The maximum absolute atomic E-state index is 13.8. The normalized spacial score (nSPS) is 24.7. The first-order valence-electron chi connectivity index (χ1n) is 7.41. The number of carbonyl (C=O) groups is 1. The van der Waals surface area contributed by atoms with E-state index in [0.717, 1.165) is 12.5 Å². The second-order valence-corrected chi connectivity index (χ2v) is 7.98. The van der Waals surface area contributed by atoms with Gasteiger partial charge >= 0.3 is 0 Å². The highest BCUT2D eigenvalue weighted by Gasteiger charge is 2.47. The Labute approximate surface area is 134 Å². The van der Waals surface area contributed by atoms with Gasteiger partial charge in [-0.25, -0.2) is 12.8 Å². The maximum Gasteiger partial charge on any atom is 0.254 e. The van der Waals surface area contributed by atoms with E-state index in [1.807, 2.05) is 0 Å². The molecule has 2 heterocycles. The number of hydrogen-bond donors (Lipinski definition) is 0. The molecule has 23 heavy (non-hydrogen) atoms. The molecule has 1 amide bonds. The van der Waals surface area contributed by atoms with Gasteiger partial charge < -0.3 is 9.64 Å². The summed E-state index contributed by atoms with van der Waals surface area (Å²) in [6.07, 6.45) is 1.95. The molecule has 0 spiro atoms. The molecule has 0 saturated carbocycles. The number of likely N-dealkylation sites (tertiary alicyclic amines) is 1. The molecular weight excluding hydrogens is 323 g/mol. The van der Waals surface area contributed by atoms with E-state index in [4.69, 9.17) is 4.74 Å². The smallest absolute Gasteiger partial charge is 0.254 e. The van der Waals surface area contributed by atoms with Crippen molar-refractivity contribution in [3.63, 3.8) is 0 Å². The molecule has 2 aliphatic rings. The van der Waals surface area contributed by atoms with E-state index < -0.39 is 15.8 Å². The van der Waals surface area contributed by atoms with E-state index in [9.17, 15) is 17.6 Å². The summed E-state index contributed by atoms with van der Waals surface area (Å²) in [5.41, 5.74) is 0.243. The summed E-state index contributed by atoms with van der Waals surface area (Å²) in [6, 6.07) is 3.93. The van der Waals surface area contributed by atoms with Crippen LogP contribution < -0.4 is 4.74 Å². The molecule has 2 fully saturated rings. The fourth-order valence-corrected chi connectivity index (χ4v) is 4.49. The van der Waals surface area contributed by atoms with Crippen molar-refractivity contribution >= 4 is 15.9 Å². The quantitative estimate of drug-likeness (QED) is 0.820. The molecule has 0 bridgehead atoms. The molecule has 0 aliphatic carbocycles. The largest absolute Gasteiger partial charge is 0.494 e. The molecule has 1 aromatic carbocycles. The Bertz CT molecular complexity index is 737. The Kier molecular flexibility index (Phi) is 4.05. The van der Waals surface area contributed by atoms with Crippen molar-refractivity contribution < 1.29 is 22.3 Å². The lowest BCUT2D eigenvalue weighted by atomic mass is 9.84. The van der Waals surface area contributed by atoms with Gasteiger partial charge in [0.1, 0.15) is 0 Å². The van der Waals surface area contributed by atoms with E-state index in [1.54, 1.807) is 4.90 Å². The zero-order chi connectivity index (χ0) is 16.8. The van der Waals surface area contributed by atoms with Crippen molar-refractivity contribution in [1.82, 2.24) is 9.21 Å². The standard InChI is InChI=1S/C15H19FN2O4S/c1-22-14-4-3-10(7-12(14)16)15(19)17-6-5-11-8-18(13(11)9-17)23(2,20)21/h3-4,7,11,13H,5-6,8-9H2,1-2H3. The number of methoxy groups -OCH3 is 1. The number of fused-ring (bicyclic) bond motifs is 1. The first kappa shape index (κ1) is 16.2. The zero-order valence-corrected chi connectivity index (χ0v) is 13.8. The lowest BCUT2D eigenvalue weighted by Gasteiger charge is -2.51. The van der Waals surface area contributed by atoms with Gasteiger partial charge in [0.2, 0.25) is 10.0 Å². The third kappa shape index (κ3) is 2.92. The molecule has 8 heteroatoms. The summed E-state index contributed by atoms with van der Waals surface area (Å²) >= 11 is 0. The molecule has 2 aliphatic heterocycles.